The Morgan fingerprint density at radius 1 is 1.11 bits per heavy atom. The lowest BCUT2D eigenvalue weighted by Crippen LogP contribution is -2.27. The third-order valence-electron chi connectivity index (χ3n) is 4.05. The number of amides is 2. The van der Waals surface area contributed by atoms with Crippen molar-refractivity contribution in [2.45, 2.75) is 13.0 Å². The van der Waals surface area contributed by atoms with Gasteiger partial charge in [0.05, 0.1) is 6.42 Å². The molecule has 0 saturated carbocycles. The highest BCUT2D eigenvalue weighted by Crippen LogP contribution is 2.18. The van der Waals surface area contributed by atoms with Crippen molar-refractivity contribution in [1.82, 2.24) is 10.2 Å². The molecule has 1 N–H and O–H groups in total. The molecule has 0 radical (unpaired) electrons. The van der Waals surface area contributed by atoms with Gasteiger partial charge in [-0.1, -0.05) is 48.2 Å². The predicted molar refractivity (Wildman–Crippen MR) is 104 cm³/mol. The van der Waals surface area contributed by atoms with Gasteiger partial charge in [0, 0.05) is 31.0 Å². The molecule has 0 bridgehead atoms. The van der Waals surface area contributed by atoms with Gasteiger partial charge >= 0.3 is 5.97 Å². The van der Waals surface area contributed by atoms with Gasteiger partial charge < -0.3 is 15.0 Å². The van der Waals surface area contributed by atoms with Crippen LogP contribution in [0, 0.1) is 0 Å². The molecule has 3 rings (SSSR count). The molecule has 1 heterocycles. The highest BCUT2D eigenvalue weighted by atomic mass is 32.2. The van der Waals surface area contributed by atoms with Gasteiger partial charge in [0.25, 0.3) is 11.1 Å². The Bertz CT molecular complexity index is 826. The number of nitrogens with one attached hydrogen (secondary N) is 1. The monoisotopic (exact) mass is 384 g/mol. The van der Waals surface area contributed by atoms with E-state index >= 15 is 0 Å². The molecule has 6 nitrogen and oxygen atoms in total. The lowest BCUT2D eigenvalue weighted by Gasteiger charge is -2.13. The third kappa shape index (κ3) is 5.59. The van der Waals surface area contributed by atoms with Crippen molar-refractivity contribution in [1.29, 1.82) is 0 Å². The Morgan fingerprint density at radius 2 is 1.93 bits per heavy atom. The van der Waals surface area contributed by atoms with Crippen LogP contribution in [0.4, 0.5) is 4.79 Å². The first kappa shape index (κ1) is 19.0. The number of thioether (sulfide) groups is 1. The summed E-state index contributed by atoms with van der Waals surface area (Å²) in [6.45, 7) is 1.43. The zero-order valence-electron chi connectivity index (χ0n) is 14.7. The van der Waals surface area contributed by atoms with Gasteiger partial charge in [-0.3, -0.25) is 14.4 Å². The Labute approximate surface area is 161 Å². The molecule has 0 spiro atoms. The highest BCUT2D eigenvalue weighted by molar-refractivity contribution is 8.13. The molecule has 140 valence electrons. The van der Waals surface area contributed by atoms with E-state index in [9.17, 15) is 14.4 Å². The molecule has 2 amide bonds. The molecular weight excluding hydrogens is 364 g/mol. The van der Waals surface area contributed by atoms with E-state index in [1.54, 1.807) is 23.1 Å². The summed E-state index contributed by atoms with van der Waals surface area (Å²) in [7, 11) is 0. The second kappa shape index (κ2) is 9.23. The second-order valence-electron chi connectivity index (χ2n) is 6.02. The zero-order valence-corrected chi connectivity index (χ0v) is 15.5. The van der Waals surface area contributed by atoms with E-state index in [4.69, 9.17) is 4.74 Å². The van der Waals surface area contributed by atoms with E-state index in [-0.39, 0.29) is 17.6 Å². The molecule has 1 fully saturated rings. The molecule has 7 heteroatoms. The van der Waals surface area contributed by atoms with Crippen LogP contribution >= 0.6 is 11.8 Å². The first-order valence-corrected chi connectivity index (χ1v) is 9.65. The average Bonchev–Trinajstić information content (AvgIpc) is 3.10. The predicted octanol–water partition coefficient (Wildman–Crippen LogP) is 3.08. The first-order valence-electron chi connectivity index (χ1n) is 8.66. The summed E-state index contributed by atoms with van der Waals surface area (Å²) in [5.74, 6) is 0.404. The molecule has 2 aromatic carbocycles. The number of hydrogen-bond donors (Lipinski definition) is 1. The van der Waals surface area contributed by atoms with Crippen LogP contribution in [-0.4, -0.2) is 40.9 Å². The molecule has 27 heavy (non-hydrogen) atoms. The summed E-state index contributed by atoms with van der Waals surface area (Å²) in [5.41, 5.74) is 1.42. The fraction of sp³-hybridized carbons (Fsp3) is 0.250. The smallest absolute Gasteiger partial charge is 0.312 e. The number of carbonyl (C=O) groups is 3. The van der Waals surface area contributed by atoms with Gasteiger partial charge in [0.15, 0.2) is 0 Å². The van der Waals surface area contributed by atoms with E-state index in [1.165, 1.54) is 17.8 Å². The second-order valence-corrected chi connectivity index (χ2v) is 7.07. The number of nitrogens with zero attached hydrogens (tertiary/aromatic N) is 1. The fourth-order valence-electron chi connectivity index (χ4n) is 2.62. The molecule has 1 saturated heterocycles. The maximum absolute atomic E-state index is 12.3. The Hall–Kier alpha value is -2.80. The van der Waals surface area contributed by atoms with Crippen LogP contribution in [-0.2, 0) is 11.3 Å². The minimum absolute atomic E-state index is 0.000107. The van der Waals surface area contributed by atoms with Crippen molar-refractivity contribution < 1.29 is 19.1 Å². The number of benzene rings is 2. The minimum Gasteiger partial charge on any atom is -0.426 e. The molecule has 1 aliphatic heterocycles. The van der Waals surface area contributed by atoms with Gasteiger partial charge in [0.2, 0.25) is 0 Å². The number of hydrogen-bond acceptors (Lipinski definition) is 5. The average molecular weight is 384 g/mol. The summed E-state index contributed by atoms with van der Waals surface area (Å²) < 4.78 is 5.30. The standard InChI is InChI=1S/C20H20N2O4S/c23-18(9-10-22-11-12-27-20(22)25)26-17-8-4-7-16(13-17)19(24)21-14-15-5-2-1-3-6-15/h1-8,13H,9-12,14H2,(H,21,24). The van der Waals surface area contributed by atoms with Crippen LogP contribution in [0.25, 0.3) is 0 Å². The largest absolute Gasteiger partial charge is 0.426 e. The topological polar surface area (TPSA) is 75.7 Å². The number of ether oxygens (including phenoxy) is 1. The summed E-state index contributed by atoms with van der Waals surface area (Å²) in [6, 6.07) is 16.1. The van der Waals surface area contributed by atoms with E-state index in [2.05, 4.69) is 5.32 Å². The summed E-state index contributed by atoms with van der Waals surface area (Å²) in [6.07, 6.45) is 0.122. The Kier molecular flexibility index (Phi) is 6.49. The van der Waals surface area contributed by atoms with Crippen LogP contribution in [0.15, 0.2) is 54.6 Å². The van der Waals surface area contributed by atoms with Crippen LogP contribution in [0.5, 0.6) is 5.75 Å². The quantitative estimate of drug-likeness (QED) is 0.586. The van der Waals surface area contributed by atoms with Crippen molar-refractivity contribution in [3.8, 4) is 5.75 Å². The maximum Gasteiger partial charge on any atom is 0.312 e. The first-order chi connectivity index (χ1) is 13.1. The van der Waals surface area contributed by atoms with Gasteiger partial charge in [0.1, 0.15) is 5.75 Å². The van der Waals surface area contributed by atoms with Crippen LogP contribution in [0.3, 0.4) is 0 Å². The molecule has 0 atom stereocenters. The molecule has 2 aromatic rings. The number of esters is 1. The Balaban J connectivity index is 1.51. The molecule has 1 aliphatic rings. The SMILES string of the molecule is O=C(CCN1CCSC1=O)Oc1cccc(C(=O)NCc2ccccc2)c1. The lowest BCUT2D eigenvalue weighted by molar-refractivity contribution is -0.134. The lowest BCUT2D eigenvalue weighted by atomic mass is 10.2. The van der Waals surface area contributed by atoms with E-state index in [0.29, 0.717) is 30.9 Å². The van der Waals surface area contributed by atoms with Crippen molar-refractivity contribution >= 4 is 28.9 Å². The number of rotatable bonds is 7. The minimum atomic E-state index is -0.429. The molecule has 0 unspecified atom stereocenters. The maximum atomic E-state index is 12.3. The molecular formula is C20H20N2O4S. The summed E-state index contributed by atoms with van der Waals surface area (Å²) in [4.78, 5) is 37.5. The van der Waals surface area contributed by atoms with Crippen molar-refractivity contribution in [3.63, 3.8) is 0 Å². The molecule has 0 aromatic heterocycles. The Morgan fingerprint density at radius 3 is 2.67 bits per heavy atom. The van der Waals surface area contributed by atoms with E-state index in [1.807, 2.05) is 30.3 Å². The van der Waals surface area contributed by atoms with Crippen LogP contribution in [0.1, 0.15) is 22.3 Å². The van der Waals surface area contributed by atoms with Crippen molar-refractivity contribution in [2.75, 3.05) is 18.8 Å². The van der Waals surface area contributed by atoms with Crippen molar-refractivity contribution in [3.05, 3.63) is 65.7 Å². The summed E-state index contributed by atoms with van der Waals surface area (Å²) >= 11 is 1.26. The van der Waals surface area contributed by atoms with Crippen molar-refractivity contribution in [2.24, 2.45) is 0 Å². The zero-order chi connectivity index (χ0) is 19.1. The van der Waals surface area contributed by atoms with E-state index in [0.717, 1.165) is 11.3 Å². The van der Waals surface area contributed by atoms with Gasteiger partial charge in [-0.2, -0.15) is 0 Å². The van der Waals surface area contributed by atoms with Gasteiger partial charge in [-0.25, -0.2) is 0 Å². The van der Waals surface area contributed by atoms with Crippen LogP contribution in [0.2, 0.25) is 0 Å². The highest BCUT2D eigenvalue weighted by Gasteiger charge is 2.21. The summed E-state index contributed by atoms with van der Waals surface area (Å²) in [5, 5.41) is 2.84. The number of carbonyl (C=O) groups excluding carboxylic acids is 3. The van der Waals surface area contributed by atoms with Gasteiger partial charge in [-0.05, 0) is 23.8 Å². The van der Waals surface area contributed by atoms with E-state index < -0.39 is 5.97 Å². The fourth-order valence-corrected chi connectivity index (χ4v) is 3.47. The normalized spacial score (nSPS) is 13.5. The molecule has 0 aliphatic carbocycles. The third-order valence-corrected chi connectivity index (χ3v) is 4.95. The van der Waals surface area contributed by atoms with Gasteiger partial charge in [-0.15, -0.1) is 0 Å². The van der Waals surface area contributed by atoms with Crippen LogP contribution < -0.4 is 10.1 Å².